The van der Waals surface area contributed by atoms with Gasteiger partial charge in [0.15, 0.2) is 0 Å². The standard InChI is InChI=1S/C18H20N4O2/c1-20-10-5-11-21(14-18(20)24)17(23)9-8-15-12-19-22(13-15)16-6-3-2-4-7-16/h2-4,6-9,12-13H,5,10-11,14H2,1H3/b9-8+. The minimum Gasteiger partial charge on any atom is -0.344 e. The monoisotopic (exact) mass is 324 g/mol. The largest absolute Gasteiger partial charge is 0.344 e. The summed E-state index contributed by atoms with van der Waals surface area (Å²) in [7, 11) is 1.77. The maximum atomic E-state index is 12.3. The Hall–Kier alpha value is -2.89. The number of para-hydroxylation sites is 1. The van der Waals surface area contributed by atoms with E-state index >= 15 is 0 Å². The molecule has 0 spiro atoms. The Morgan fingerprint density at radius 2 is 2.00 bits per heavy atom. The smallest absolute Gasteiger partial charge is 0.247 e. The molecule has 1 aliphatic rings. The van der Waals surface area contributed by atoms with Gasteiger partial charge in [0.2, 0.25) is 11.8 Å². The molecule has 2 amide bonds. The van der Waals surface area contributed by atoms with Gasteiger partial charge in [-0.25, -0.2) is 4.68 Å². The average molecular weight is 324 g/mol. The molecule has 6 nitrogen and oxygen atoms in total. The topological polar surface area (TPSA) is 58.4 Å². The van der Waals surface area contributed by atoms with Crippen LogP contribution in [0.15, 0.2) is 48.8 Å². The number of hydrogen-bond acceptors (Lipinski definition) is 3. The first-order valence-electron chi connectivity index (χ1n) is 7.94. The molecule has 1 aromatic carbocycles. The number of nitrogens with zero attached hydrogens (tertiary/aromatic N) is 4. The third-order valence-corrected chi connectivity index (χ3v) is 4.03. The second kappa shape index (κ2) is 7.12. The van der Waals surface area contributed by atoms with Crippen LogP contribution in [0.4, 0.5) is 0 Å². The van der Waals surface area contributed by atoms with E-state index in [1.54, 1.807) is 33.8 Å². The predicted molar refractivity (Wildman–Crippen MR) is 91.4 cm³/mol. The van der Waals surface area contributed by atoms with Gasteiger partial charge in [-0.3, -0.25) is 9.59 Å². The fourth-order valence-electron chi connectivity index (χ4n) is 2.59. The first-order valence-corrected chi connectivity index (χ1v) is 7.94. The van der Waals surface area contributed by atoms with Crippen molar-refractivity contribution in [1.82, 2.24) is 19.6 Å². The highest BCUT2D eigenvalue weighted by molar-refractivity contribution is 5.94. The van der Waals surface area contributed by atoms with Gasteiger partial charge in [-0.15, -0.1) is 0 Å². The molecule has 0 bridgehead atoms. The number of hydrogen-bond donors (Lipinski definition) is 0. The van der Waals surface area contributed by atoms with Gasteiger partial charge in [0, 0.05) is 38.0 Å². The molecule has 24 heavy (non-hydrogen) atoms. The van der Waals surface area contributed by atoms with Crippen molar-refractivity contribution in [3.63, 3.8) is 0 Å². The van der Waals surface area contributed by atoms with Crippen LogP contribution in [0, 0.1) is 0 Å². The maximum Gasteiger partial charge on any atom is 0.247 e. The molecule has 0 aliphatic carbocycles. The maximum absolute atomic E-state index is 12.3. The first kappa shape index (κ1) is 16.0. The van der Waals surface area contributed by atoms with Crippen LogP contribution in [-0.2, 0) is 9.59 Å². The minimum absolute atomic E-state index is 0.0221. The highest BCUT2D eigenvalue weighted by Crippen LogP contribution is 2.10. The van der Waals surface area contributed by atoms with Gasteiger partial charge in [-0.05, 0) is 24.6 Å². The van der Waals surface area contributed by atoms with Crippen LogP contribution in [0.25, 0.3) is 11.8 Å². The molecule has 0 saturated carbocycles. The fraction of sp³-hybridized carbons (Fsp3) is 0.278. The number of carbonyl (C=O) groups is 2. The molecule has 1 aromatic heterocycles. The summed E-state index contributed by atoms with van der Waals surface area (Å²) >= 11 is 0. The third-order valence-electron chi connectivity index (χ3n) is 4.03. The van der Waals surface area contributed by atoms with Crippen molar-refractivity contribution in [3.05, 3.63) is 54.4 Å². The number of carbonyl (C=O) groups excluding carboxylic acids is 2. The second-order valence-electron chi connectivity index (χ2n) is 5.82. The van der Waals surface area contributed by atoms with E-state index in [1.165, 1.54) is 6.08 Å². The van der Waals surface area contributed by atoms with E-state index < -0.39 is 0 Å². The van der Waals surface area contributed by atoms with Gasteiger partial charge in [-0.2, -0.15) is 5.10 Å². The first-order chi connectivity index (χ1) is 11.6. The van der Waals surface area contributed by atoms with Crippen molar-refractivity contribution in [2.75, 3.05) is 26.7 Å². The van der Waals surface area contributed by atoms with Crippen molar-refractivity contribution in [2.24, 2.45) is 0 Å². The minimum atomic E-state index is -0.147. The van der Waals surface area contributed by atoms with Gasteiger partial charge < -0.3 is 9.80 Å². The number of rotatable bonds is 3. The summed E-state index contributed by atoms with van der Waals surface area (Å²) in [6.45, 7) is 1.43. The van der Waals surface area contributed by atoms with Crippen LogP contribution in [0.1, 0.15) is 12.0 Å². The molecule has 0 N–H and O–H groups in total. The van der Waals surface area contributed by atoms with Gasteiger partial charge in [0.05, 0.1) is 18.4 Å². The van der Waals surface area contributed by atoms with Crippen molar-refractivity contribution >= 4 is 17.9 Å². The lowest BCUT2D eigenvalue weighted by Gasteiger charge is -2.17. The Labute approximate surface area is 141 Å². The van der Waals surface area contributed by atoms with Crippen molar-refractivity contribution in [1.29, 1.82) is 0 Å². The molecule has 124 valence electrons. The average Bonchev–Trinajstić information content (AvgIpc) is 3.01. The molecule has 0 unspecified atom stereocenters. The quantitative estimate of drug-likeness (QED) is 0.806. The molecule has 0 atom stereocenters. The Bertz CT molecular complexity index is 751. The van der Waals surface area contributed by atoms with Crippen molar-refractivity contribution in [2.45, 2.75) is 6.42 Å². The molecular formula is C18H20N4O2. The molecular weight excluding hydrogens is 304 g/mol. The van der Waals surface area contributed by atoms with Crippen molar-refractivity contribution in [3.8, 4) is 5.69 Å². The van der Waals surface area contributed by atoms with Gasteiger partial charge in [-0.1, -0.05) is 18.2 Å². The molecule has 0 radical (unpaired) electrons. The highest BCUT2D eigenvalue weighted by atomic mass is 16.2. The van der Waals surface area contributed by atoms with E-state index in [-0.39, 0.29) is 18.4 Å². The highest BCUT2D eigenvalue weighted by Gasteiger charge is 2.21. The zero-order chi connectivity index (χ0) is 16.9. The third kappa shape index (κ3) is 3.71. The lowest BCUT2D eigenvalue weighted by atomic mass is 10.3. The van der Waals surface area contributed by atoms with E-state index in [9.17, 15) is 9.59 Å². The molecule has 2 heterocycles. The van der Waals surface area contributed by atoms with Crippen LogP contribution in [-0.4, -0.2) is 58.1 Å². The van der Waals surface area contributed by atoms with E-state index in [2.05, 4.69) is 5.10 Å². The summed E-state index contributed by atoms with van der Waals surface area (Å²) in [5, 5.41) is 4.29. The van der Waals surface area contributed by atoms with E-state index in [0.29, 0.717) is 13.1 Å². The summed E-state index contributed by atoms with van der Waals surface area (Å²) < 4.78 is 1.76. The van der Waals surface area contributed by atoms with E-state index in [1.807, 2.05) is 36.5 Å². The van der Waals surface area contributed by atoms with E-state index in [4.69, 9.17) is 0 Å². The normalized spacial score (nSPS) is 15.8. The Balaban J connectivity index is 1.66. The lowest BCUT2D eigenvalue weighted by molar-refractivity contribution is -0.135. The van der Waals surface area contributed by atoms with Gasteiger partial charge >= 0.3 is 0 Å². The fourth-order valence-corrected chi connectivity index (χ4v) is 2.59. The summed E-state index contributed by atoms with van der Waals surface area (Å²) in [6, 6.07) is 9.77. The zero-order valence-corrected chi connectivity index (χ0v) is 13.6. The van der Waals surface area contributed by atoms with Crippen molar-refractivity contribution < 1.29 is 9.59 Å². The summed E-state index contributed by atoms with van der Waals surface area (Å²) in [5.74, 6) is -0.169. The zero-order valence-electron chi connectivity index (χ0n) is 13.6. The van der Waals surface area contributed by atoms with Crippen LogP contribution < -0.4 is 0 Å². The molecule has 1 fully saturated rings. The molecule has 1 saturated heterocycles. The number of amides is 2. The molecule has 6 heteroatoms. The SMILES string of the molecule is CN1CCCN(C(=O)/C=C/c2cnn(-c3ccccc3)c2)CC1=O. The number of likely N-dealkylation sites (N-methyl/N-ethyl adjacent to an activating group) is 1. The number of aromatic nitrogens is 2. The Morgan fingerprint density at radius 1 is 1.21 bits per heavy atom. The van der Waals surface area contributed by atoms with Gasteiger partial charge in [0.25, 0.3) is 0 Å². The summed E-state index contributed by atoms with van der Waals surface area (Å²) in [4.78, 5) is 27.4. The van der Waals surface area contributed by atoms with E-state index in [0.717, 1.165) is 17.7 Å². The predicted octanol–water partition coefficient (Wildman–Crippen LogP) is 1.58. The Kier molecular flexibility index (Phi) is 4.74. The van der Waals surface area contributed by atoms with Crippen LogP contribution in [0.2, 0.25) is 0 Å². The molecule has 3 rings (SSSR count). The lowest BCUT2D eigenvalue weighted by Crippen LogP contribution is -2.37. The van der Waals surface area contributed by atoms with Crippen LogP contribution in [0.3, 0.4) is 0 Å². The molecule has 1 aliphatic heterocycles. The second-order valence-corrected chi connectivity index (χ2v) is 5.82. The summed E-state index contributed by atoms with van der Waals surface area (Å²) in [6.07, 6.45) is 7.60. The van der Waals surface area contributed by atoms with Gasteiger partial charge in [0.1, 0.15) is 0 Å². The van der Waals surface area contributed by atoms with Crippen LogP contribution >= 0.6 is 0 Å². The van der Waals surface area contributed by atoms with Crippen LogP contribution in [0.5, 0.6) is 0 Å². The Morgan fingerprint density at radius 3 is 2.79 bits per heavy atom. The molecule has 2 aromatic rings. The number of benzene rings is 1. The summed E-state index contributed by atoms with van der Waals surface area (Å²) in [5.41, 5.74) is 1.80.